The predicted molar refractivity (Wildman–Crippen MR) is 172 cm³/mol. The number of nitrogen functional groups attached to an aromatic ring is 1. The summed E-state index contributed by atoms with van der Waals surface area (Å²) in [7, 11) is -1.28. The van der Waals surface area contributed by atoms with Gasteiger partial charge in [0.05, 0.1) is 17.6 Å². The van der Waals surface area contributed by atoms with Crippen LogP contribution < -0.4 is 15.8 Å². The number of hydrogen-bond donors (Lipinski definition) is 2. The van der Waals surface area contributed by atoms with Crippen molar-refractivity contribution in [3.63, 3.8) is 0 Å². The van der Waals surface area contributed by atoms with E-state index in [0.29, 0.717) is 72.5 Å². The van der Waals surface area contributed by atoms with Crippen LogP contribution in [0.3, 0.4) is 0 Å². The minimum absolute atomic E-state index is 0.133. The van der Waals surface area contributed by atoms with Crippen molar-refractivity contribution in [2.45, 2.75) is 39.8 Å². The molecule has 1 atom stereocenters. The van der Waals surface area contributed by atoms with Crippen molar-refractivity contribution in [1.29, 1.82) is 0 Å². The highest BCUT2D eigenvalue weighted by Crippen LogP contribution is 2.35. The third-order valence-corrected chi connectivity index (χ3v) is 8.93. The zero-order chi connectivity index (χ0) is 32.5. The Bertz CT molecular complexity index is 1810. The van der Waals surface area contributed by atoms with E-state index >= 15 is 4.39 Å². The van der Waals surface area contributed by atoms with Gasteiger partial charge in [-0.25, -0.2) is 32.4 Å². The van der Waals surface area contributed by atoms with E-state index in [0.717, 1.165) is 5.69 Å². The van der Waals surface area contributed by atoms with Gasteiger partial charge in [-0.3, -0.25) is 9.88 Å². The summed E-state index contributed by atoms with van der Waals surface area (Å²) in [4.78, 5) is 19.3. The van der Waals surface area contributed by atoms with Gasteiger partial charge in [0.2, 0.25) is 5.88 Å². The van der Waals surface area contributed by atoms with Crippen LogP contribution in [0.25, 0.3) is 22.6 Å². The van der Waals surface area contributed by atoms with Gasteiger partial charge in [0.1, 0.15) is 37.9 Å². The highest BCUT2D eigenvalue weighted by molar-refractivity contribution is 7.90. The molecule has 4 aromatic rings. The molecule has 0 saturated carbocycles. The second-order valence-electron chi connectivity index (χ2n) is 12.1. The van der Waals surface area contributed by atoms with Crippen molar-refractivity contribution in [2.24, 2.45) is 12.5 Å². The molecular formula is C30H37ClFN9O3S. The molecule has 1 fully saturated rings. The fraction of sp³-hybridized carbons (Fsp3) is 0.433. The first-order valence-corrected chi connectivity index (χ1v) is 16.9. The number of nitrogens with two attached hydrogens (primary N) is 1. The van der Waals surface area contributed by atoms with Crippen LogP contribution in [0, 0.1) is 18.2 Å². The van der Waals surface area contributed by atoms with Gasteiger partial charge < -0.3 is 15.8 Å². The van der Waals surface area contributed by atoms with Crippen LogP contribution in [0.5, 0.6) is 5.88 Å². The number of likely N-dealkylation sites (tertiary alicyclic amines) is 1. The number of anilines is 2. The summed E-state index contributed by atoms with van der Waals surface area (Å²) in [6.45, 7) is 7.96. The van der Waals surface area contributed by atoms with Crippen molar-refractivity contribution in [1.82, 2.24) is 34.6 Å². The smallest absolute Gasteiger partial charge is 0.223 e. The summed E-state index contributed by atoms with van der Waals surface area (Å²) in [6, 6.07) is 4.72. The average Bonchev–Trinajstić information content (AvgIpc) is 3.19. The monoisotopic (exact) mass is 657 g/mol. The van der Waals surface area contributed by atoms with Gasteiger partial charge in [-0.15, -0.1) is 0 Å². The molecule has 3 N–H and O–H groups in total. The molecule has 15 heteroatoms. The van der Waals surface area contributed by atoms with Crippen molar-refractivity contribution in [2.75, 3.05) is 42.7 Å². The molecule has 1 aliphatic rings. The average molecular weight is 658 g/mol. The van der Waals surface area contributed by atoms with Crippen LogP contribution in [0.2, 0.25) is 5.15 Å². The molecule has 1 aliphatic heterocycles. The number of aryl methyl sites for hydroxylation is 2. The van der Waals surface area contributed by atoms with Crippen LogP contribution in [0.15, 0.2) is 36.8 Å². The molecule has 0 aromatic carbocycles. The molecule has 5 heterocycles. The summed E-state index contributed by atoms with van der Waals surface area (Å²) in [5.41, 5.74) is 8.89. The normalized spacial score (nSPS) is 15.4. The van der Waals surface area contributed by atoms with E-state index in [2.05, 4.69) is 35.3 Å². The second kappa shape index (κ2) is 12.9. The SMILES string of the molecule is Cc1nn(C)c(O[C@@H](C)CCNc2cc(Cl)ncc2-c2ncc(CN3CC(C)(CS(C)(=O)=O)C3)cc2F)c1-c1nccc(N)n1. The number of hydrogen-bond acceptors (Lipinski definition) is 11. The van der Waals surface area contributed by atoms with Gasteiger partial charge in [-0.05, 0) is 37.6 Å². The van der Waals surface area contributed by atoms with Gasteiger partial charge in [0.15, 0.2) is 5.82 Å². The molecule has 0 spiro atoms. The molecule has 5 rings (SSSR count). The van der Waals surface area contributed by atoms with Crippen LogP contribution >= 0.6 is 11.6 Å². The highest BCUT2D eigenvalue weighted by atomic mass is 35.5. The first kappa shape index (κ1) is 32.5. The third kappa shape index (κ3) is 7.86. The number of ether oxygens (including phenoxy) is 1. The Morgan fingerprint density at radius 2 is 1.98 bits per heavy atom. The number of rotatable bonds is 12. The summed E-state index contributed by atoms with van der Waals surface area (Å²) in [5.74, 6) is 0.966. The first-order chi connectivity index (χ1) is 21.2. The number of pyridine rings is 2. The number of sulfone groups is 1. The topological polar surface area (TPSA) is 154 Å². The van der Waals surface area contributed by atoms with E-state index in [1.165, 1.54) is 18.5 Å². The van der Waals surface area contributed by atoms with Crippen molar-refractivity contribution < 1.29 is 17.5 Å². The number of nitrogens with zero attached hydrogens (tertiary/aromatic N) is 7. The Morgan fingerprint density at radius 1 is 1.22 bits per heavy atom. The van der Waals surface area contributed by atoms with Gasteiger partial charge in [0, 0.05) is 81.2 Å². The number of aromatic nitrogens is 6. The Morgan fingerprint density at radius 3 is 2.67 bits per heavy atom. The lowest BCUT2D eigenvalue weighted by Crippen LogP contribution is -2.56. The number of nitrogens with one attached hydrogen (secondary N) is 1. The molecule has 0 aliphatic carbocycles. The molecule has 0 radical (unpaired) electrons. The van der Waals surface area contributed by atoms with Gasteiger partial charge in [-0.1, -0.05) is 18.5 Å². The standard InChI is InChI=1S/C30H37ClFN9O3S/c1-18(44-29-26(19(2)39-40(29)4)28-35-9-7-25(33)38-28)6-8-34-23-11-24(31)36-13-21(23)27-22(32)10-20(12-37-27)14-41-15-30(3,16-41)17-45(5,42)43/h7,9-13,18H,6,8,14-17H2,1-5H3,(H,34,36)(H2,33,35,38)/t18-/m0/s1. The van der Waals surface area contributed by atoms with Crippen LogP contribution in [0.4, 0.5) is 15.9 Å². The Hall–Kier alpha value is -3.88. The minimum atomic E-state index is -3.07. The van der Waals surface area contributed by atoms with Crippen molar-refractivity contribution in [3.8, 4) is 28.5 Å². The Kier molecular flexibility index (Phi) is 9.28. The zero-order valence-corrected chi connectivity index (χ0v) is 27.5. The minimum Gasteiger partial charge on any atom is -0.474 e. The lowest BCUT2D eigenvalue weighted by atomic mass is 9.84. The molecule has 45 heavy (non-hydrogen) atoms. The van der Waals surface area contributed by atoms with Gasteiger partial charge in [0.25, 0.3) is 0 Å². The molecule has 1 saturated heterocycles. The van der Waals surface area contributed by atoms with Crippen molar-refractivity contribution in [3.05, 3.63) is 59.0 Å². The maximum atomic E-state index is 15.4. The summed E-state index contributed by atoms with van der Waals surface area (Å²) >= 11 is 6.20. The lowest BCUT2D eigenvalue weighted by molar-refractivity contribution is 0.0267. The van der Waals surface area contributed by atoms with E-state index in [4.69, 9.17) is 22.1 Å². The largest absolute Gasteiger partial charge is 0.474 e. The summed E-state index contributed by atoms with van der Waals surface area (Å²) in [6.07, 6.45) is 6.33. The van der Waals surface area contributed by atoms with E-state index in [1.807, 2.05) is 20.8 Å². The third-order valence-electron chi connectivity index (χ3n) is 7.50. The van der Waals surface area contributed by atoms with Crippen LogP contribution in [-0.2, 0) is 23.4 Å². The summed E-state index contributed by atoms with van der Waals surface area (Å²) in [5, 5.41) is 8.07. The second-order valence-corrected chi connectivity index (χ2v) is 14.6. The van der Waals surface area contributed by atoms with E-state index < -0.39 is 15.7 Å². The molecule has 0 amide bonds. The molecule has 4 aromatic heterocycles. The fourth-order valence-electron chi connectivity index (χ4n) is 5.84. The zero-order valence-electron chi connectivity index (χ0n) is 25.9. The molecule has 0 unspecified atom stereocenters. The van der Waals surface area contributed by atoms with Crippen LogP contribution in [-0.4, -0.2) is 80.8 Å². The lowest BCUT2D eigenvalue weighted by Gasteiger charge is -2.47. The summed E-state index contributed by atoms with van der Waals surface area (Å²) < 4.78 is 46.8. The van der Waals surface area contributed by atoms with Crippen molar-refractivity contribution >= 4 is 32.9 Å². The molecular weight excluding hydrogens is 621 g/mol. The maximum Gasteiger partial charge on any atom is 0.223 e. The molecule has 240 valence electrons. The van der Waals surface area contributed by atoms with E-state index in [1.54, 1.807) is 36.3 Å². The first-order valence-electron chi connectivity index (χ1n) is 14.4. The predicted octanol–water partition coefficient (Wildman–Crippen LogP) is 4.15. The number of halogens is 2. The van der Waals surface area contributed by atoms with Crippen LogP contribution in [0.1, 0.15) is 31.5 Å². The van der Waals surface area contributed by atoms with Gasteiger partial charge in [-0.2, -0.15) is 5.10 Å². The quantitative estimate of drug-likeness (QED) is 0.211. The maximum absolute atomic E-state index is 15.4. The fourth-order valence-corrected chi connectivity index (χ4v) is 7.44. The molecule has 12 nitrogen and oxygen atoms in total. The molecule has 0 bridgehead atoms. The Balaban J connectivity index is 1.23. The Labute approximate surface area is 267 Å². The van der Waals surface area contributed by atoms with Gasteiger partial charge >= 0.3 is 0 Å². The van der Waals surface area contributed by atoms with E-state index in [-0.39, 0.29) is 28.1 Å². The highest BCUT2D eigenvalue weighted by Gasteiger charge is 2.41. The van der Waals surface area contributed by atoms with E-state index in [9.17, 15) is 8.42 Å².